The molecule has 5 heteroatoms. The van der Waals surface area contributed by atoms with Gasteiger partial charge in [-0.05, 0) is 80.8 Å². The molecule has 0 bridgehead atoms. The second kappa shape index (κ2) is 9.98. The molecule has 1 aromatic carbocycles. The highest BCUT2D eigenvalue weighted by molar-refractivity contribution is 5.94. The van der Waals surface area contributed by atoms with Gasteiger partial charge in [-0.2, -0.15) is 0 Å². The molecule has 3 unspecified atom stereocenters. The van der Waals surface area contributed by atoms with Gasteiger partial charge >= 0.3 is 0 Å². The van der Waals surface area contributed by atoms with Crippen molar-refractivity contribution in [1.82, 2.24) is 15.2 Å². The summed E-state index contributed by atoms with van der Waals surface area (Å²) < 4.78 is 13.6. The highest BCUT2D eigenvalue weighted by atomic mass is 19.1. The van der Waals surface area contributed by atoms with E-state index in [0.717, 1.165) is 44.1 Å². The van der Waals surface area contributed by atoms with Crippen LogP contribution in [0.5, 0.6) is 0 Å². The van der Waals surface area contributed by atoms with Gasteiger partial charge in [0.1, 0.15) is 5.82 Å². The molecule has 1 N–H and O–H groups in total. The van der Waals surface area contributed by atoms with Gasteiger partial charge in [-0.25, -0.2) is 4.39 Å². The van der Waals surface area contributed by atoms with E-state index in [9.17, 15) is 9.18 Å². The normalized spacial score (nSPS) is 23.1. The number of carbonyl (C=O) groups is 1. The predicted molar refractivity (Wildman–Crippen MR) is 116 cm³/mol. The zero-order valence-electron chi connectivity index (χ0n) is 17.3. The van der Waals surface area contributed by atoms with Gasteiger partial charge in [-0.15, -0.1) is 0 Å². The first kappa shape index (κ1) is 20.7. The molecule has 1 aromatic heterocycles. The Balaban J connectivity index is 1.49. The number of amides is 1. The van der Waals surface area contributed by atoms with Crippen LogP contribution in [-0.2, 0) is 0 Å². The average Bonchev–Trinajstić information content (AvgIpc) is 2.79. The van der Waals surface area contributed by atoms with Gasteiger partial charge in [0.2, 0.25) is 0 Å². The Kier molecular flexibility index (Phi) is 6.90. The predicted octanol–water partition coefficient (Wildman–Crippen LogP) is 4.76. The Morgan fingerprint density at radius 1 is 1.20 bits per heavy atom. The molecule has 2 aliphatic rings. The lowest BCUT2D eigenvalue weighted by molar-refractivity contribution is 0.0863. The van der Waals surface area contributed by atoms with E-state index in [4.69, 9.17) is 0 Å². The molecule has 4 rings (SSSR count). The SMILES string of the molecule is O=C(NC(c1ccccn1)C1CCCN(CC2CC=CCC2)C1)c1cccc(F)c1. The van der Waals surface area contributed by atoms with Crippen molar-refractivity contribution >= 4 is 5.91 Å². The third-order valence-electron chi connectivity index (χ3n) is 6.29. The summed E-state index contributed by atoms with van der Waals surface area (Å²) in [6.45, 7) is 3.18. The molecule has 3 atom stereocenters. The van der Waals surface area contributed by atoms with E-state index in [1.165, 1.54) is 31.4 Å². The van der Waals surface area contributed by atoms with Gasteiger partial charge in [-0.3, -0.25) is 9.78 Å². The molecule has 0 spiro atoms. The molecule has 0 radical (unpaired) electrons. The van der Waals surface area contributed by atoms with Crippen LogP contribution in [-0.4, -0.2) is 35.4 Å². The largest absolute Gasteiger partial charge is 0.343 e. The van der Waals surface area contributed by atoms with Crippen molar-refractivity contribution in [3.8, 4) is 0 Å². The Labute approximate surface area is 178 Å². The number of hydrogen-bond acceptors (Lipinski definition) is 3. The van der Waals surface area contributed by atoms with Crippen LogP contribution >= 0.6 is 0 Å². The summed E-state index contributed by atoms with van der Waals surface area (Å²) in [6.07, 6.45) is 12.1. The highest BCUT2D eigenvalue weighted by Crippen LogP contribution is 2.31. The number of pyridine rings is 1. The van der Waals surface area contributed by atoms with Gasteiger partial charge in [0, 0.05) is 24.8 Å². The number of nitrogens with zero attached hydrogens (tertiary/aromatic N) is 2. The maximum Gasteiger partial charge on any atom is 0.251 e. The van der Waals surface area contributed by atoms with E-state index in [0.29, 0.717) is 5.56 Å². The minimum absolute atomic E-state index is 0.184. The van der Waals surface area contributed by atoms with Crippen molar-refractivity contribution in [3.63, 3.8) is 0 Å². The molecule has 158 valence electrons. The number of likely N-dealkylation sites (tertiary alicyclic amines) is 1. The van der Waals surface area contributed by atoms with Gasteiger partial charge in [0.05, 0.1) is 11.7 Å². The maximum atomic E-state index is 13.6. The number of benzene rings is 1. The second-order valence-electron chi connectivity index (χ2n) is 8.53. The molecule has 4 nitrogen and oxygen atoms in total. The van der Waals surface area contributed by atoms with Crippen molar-refractivity contribution < 1.29 is 9.18 Å². The van der Waals surface area contributed by atoms with E-state index in [-0.39, 0.29) is 17.9 Å². The van der Waals surface area contributed by atoms with Crippen LogP contribution in [0.4, 0.5) is 4.39 Å². The molecule has 0 saturated carbocycles. The first-order valence-corrected chi connectivity index (χ1v) is 11.0. The standard InChI is InChI=1S/C25H30FN3O/c26-22-12-6-10-20(16-22)25(30)28-24(23-13-4-5-14-27-23)21-11-7-15-29(18-21)17-19-8-2-1-3-9-19/h1-2,4-6,10,12-14,16,19,21,24H,3,7-9,11,15,17-18H2,(H,28,30). The highest BCUT2D eigenvalue weighted by Gasteiger charge is 2.31. The fraction of sp³-hybridized carbons (Fsp3) is 0.440. The molecule has 2 aromatic rings. The summed E-state index contributed by atoms with van der Waals surface area (Å²) in [5.74, 6) is 0.358. The van der Waals surface area contributed by atoms with Crippen LogP contribution < -0.4 is 5.32 Å². The van der Waals surface area contributed by atoms with Crippen molar-refractivity contribution in [2.75, 3.05) is 19.6 Å². The van der Waals surface area contributed by atoms with Gasteiger partial charge in [0.25, 0.3) is 5.91 Å². The monoisotopic (exact) mass is 407 g/mol. The zero-order chi connectivity index (χ0) is 20.8. The molecule has 1 fully saturated rings. The van der Waals surface area contributed by atoms with Crippen LogP contribution in [0.15, 0.2) is 60.8 Å². The summed E-state index contributed by atoms with van der Waals surface area (Å²) in [7, 11) is 0. The average molecular weight is 408 g/mol. The summed E-state index contributed by atoms with van der Waals surface area (Å²) in [6, 6.07) is 11.5. The van der Waals surface area contributed by atoms with Crippen LogP contribution in [0.3, 0.4) is 0 Å². The molecular weight excluding hydrogens is 377 g/mol. The van der Waals surface area contributed by atoms with Gasteiger partial charge in [0.15, 0.2) is 0 Å². The minimum Gasteiger partial charge on any atom is -0.343 e. The molecule has 1 amide bonds. The van der Waals surface area contributed by atoms with Crippen LogP contribution in [0.1, 0.15) is 54.2 Å². The van der Waals surface area contributed by atoms with Crippen molar-refractivity contribution in [3.05, 3.63) is 77.9 Å². The van der Waals surface area contributed by atoms with Gasteiger partial charge < -0.3 is 10.2 Å². The van der Waals surface area contributed by atoms with E-state index in [2.05, 4.69) is 27.4 Å². The summed E-state index contributed by atoms with van der Waals surface area (Å²) in [5, 5.41) is 3.16. The number of allylic oxidation sites excluding steroid dienone is 2. The topological polar surface area (TPSA) is 45.2 Å². The van der Waals surface area contributed by atoms with E-state index < -0.39 is 5.82 Å². The first-order valence-electron chi connectivity index (χ1n) is 11.0. The van der Waals surface area contributed by atoms with E-state index in [1.54, 1.807) is 18.3 Å². The lowest BCUT2D eigenvalue weighted by Crippen LogP contribution is -2.44. The number of rotatable bonds is 6. The second-order valence-corrected chi connectivity index (χ2v) is 8.53. The zero-order valence-corrected chi connectivity index (χ0v) is 17.3. The fourth-order valence-electron chi connectivity index (χ4n) is 4.76. The Morgan fingerprint density at radius 2 is 2.13 bits per heavy atom. The van der Waals surface area contributed by atoms with Crippen LogP contribution in [0.25, 0.3) is 0 Å². The Bertz CT molecular complexity index is 870. The minimum atomic E-state index is -0.401. The molecule has 30 heavy (non-hydrogen) atoms. The number of hydrogen-bond donors (Lipinski definition) is 1. The number of aromatic nitrogens is 1. The number of carbonyl (C=O) groups excluding carboxylic acids is 1. The molecule has 2 heterocycles. The lowest BCUT2D eigenvalue weighted by Gasteiger charge is -2.38. The number of halogens is 1. The third-order valence-corrected chi connectivity index (χ3v) is 6.29. The smallest absolute Gasteiger partial charge is 0.251 e. The van der Waals surface area contributed by atoms with Crippen molar-refractivity contribution in [1.29, 1.82) is 0 Å². The number of nitrogens with one attached hydrogen (secondary N) is 1. The molecule has 1 aliphatic carbocycles. The van der Waals surface area contributed by atoms with Crippen LogP contribution in [0.2, 0.25) is 0 Å². The first-order chi connectivity index (χ1) is 14.7. The third kappa shape index (κ3) is 5.33. The Hall–Kier alpha value is -2.53. The summed E-state index contributed by atoms with van der Waals surface area (Å²) >= 11 is 0. The Morgan fingerprint density at radius 3 is 2.90 bits per heavy atom. The van der Waals surface area contributed by atoms with Gasteiger partial charge in [-0.1, -0.05) is 24.3 Å². The van der Waals surface area contributed by atoms with Crippen LogP contribution in [0, 0.1) is 17.7 Å². The maximum absolute atomic E-state index is 13.6. The molecule has 1 aliphatic heterocycles. The molecular formula is C25H30FN3O. The molecule has 1 saturated heterocycles. The fourth-order valence-corrected chi connectivity index (χ4v) is 4.76. The summed E-state index contributed by atoms with van der Waals surface area (Å²) in [4.78, 5) is 20.0. The van der Waals surface area contributed by atoms with E-state index in [1.807, 2.05) is 18.2 Å². The number of piperidine rings is 1. The summed E-state index contributed by atoms with van der Waals surface area (Å²) in [5.41, 5.74) is 1.22. The lowest BCUT2D eigenvalue weighted by atomic mass is 9.86. The van der Waals surface area contributed by atoms with Crippen molar-refractivity contribution in [2.45, 2.75) is 38.1 Å². The van der Waals surface area contributed by atoms with Crippen molar-refractivity contribution in [2.24, 2.45) is 11.8 Å². The van der Waals surface area contributed by atoms with E-state index >= 15 is 0 Å². The quantitative estimate of drug-likeness (QED) is 0.702.